The van der Waals surface area contributed by atoms with Crippen LogP contribution in [0.2, 0.25) is 0 Å². The number of alkyl halides is 3. The van der Waals surface area contributed by atoms with Gasteiger partial charge in [-0.2, -0.15) is 13.2 Å². The third-order valence-electron chi connectivity index (χ3n) is 1.96. The van der Waals surface area contributed by atoms with Crippen LogP contribution in [0, 0.1) is 0 Å². The van der Waals surface area contributed by atoms with E-state index in [2.05, 4.69) is 4.74 Å². The van der Waals surface area contributed by atoms with Gasteiger partial charge in [-0.15, -0.1) is 0 Å². The molecule has 0 aliphatic carbocycles. The van der Waals surface area contributed by atoms with Crippen molar-refractivity contribution in [2.75, 3.05) is 13.7 Å². The van der Waals surface area contributed by atoms with Crippen molar-refractivity contribution in [1.29, 1.82) is 0 Å². The lowest BCUT2D eigenvalue weighted by atomic mass is 10.1. The number of rotatable bonds is 6. The maximum atomic E-state index is 11.8. The van der Waals surface area contributed by atoms with Crippen molar-refractivity contribution in [2.45, 2.75) is 25.1 Å². The van der Waals surface area contributed by atoms with Gasteiger partial charge in [-0.05, 0) is 12.8 Å². The Balaban J connectivity index is 3.90. The standard InChI is InChI=1S/C9H13F3N2O4/c1-18-7(16)6(15)5(13)3-2-4-14-8(17)9(10,11)12/h5H,2-4,13H2,1H3,(H,14,17)/t5-/m0/s1. The van der Waals surface area contributed by atoms with Gasteiger partial charge in [0.2, 0.25) is 0 Å². The van der Waals surface area contributed by atoms with Crippen molar-refractivity contribution in [2.24, 2.45) is 5.73 Å². The topological polar surface area (TPSA) is 98.5 Å². The van der Waals surface area contributed by atoms with Crippen LogP contribution in [0.5, 0.6) is 0 Å². The molecule has 0 aromatic heterocycles. The summed E-state index contributed by atoms with van der Waals surface area (Å²) in [5.74, 6) is -4.13. The van der Waals surface area contributed by atoms with Crippen LogP contribution in [-0.4, -0.2) is 43.5 Å². The van der Waals surface area contributed by atoms with Crippen LogP contribution in [0.4, 0.5) is 13.2 Å². The molecule has 0 bridgehead atoms. The molecule has 3 N–H and O–H groups in total. The number of ether oxygens (including phenoxy) is 1. The summed E-state index contributed by atoms with van der Waals surface area (Å²) in [6, 6.07) is -1.15. The second-order valence-corrected chi connectivity index (χ2v) is 3.36. The number of carbonyl (C=O) groups is 3. The van der Waals surface area contributed by atoms with Gasteiger partial charge in [-0.25, -0.2) is 4.79 Å². The van der Waals surface area contributed by atoms with E-state index in [1.54, 1.807) is 5.32 Å². The molecule has 0 spiro atoms. The second-order valence-electron chi connectivity index (χ2n) is 3.36. The van der Waals surface area contributed by atoms with Crippen molar-refractivity contribution in [3.05, 3.63) is 0 Å². The average Bonchev–Trinajstić information content (AvgIpc) is 2.30. The van der Waals surface area contributed by atoms with Gasteiger partial charge in [0.05, 0.1) is 13.2 Å². The molecule has 9 heteroatoms. The van der Waals surface area contributed by atoms with Gasteiger partial charge in [0.15, 0.2) is 0 Å². The minimum atomic E-state index is -4.94. The first kappa shape index (κ1) is 16.4. The van der Waals surface area contributed by atoms with Crippen LogP contribution >= 0.6 is 0 Å². The second kappa shape index (κ2) is 6.94. The Kier molecular flexibility index (Phi) is 6.31. The summed E-state index contributed by atoms with van der Waals surface area (Å²) in [5, 5.41) is 1.61. The van der Waals surface area contributed by atoms with E-state index in [0.29, 0.717) is 0 Å². The van der Waals surface area contributed by atoms with Crippen molar-refractivity contribution >= 4 is 17.7 Å². The van der Waals surface area contributed by atoms with E-state index in [1.165, 1.54) is 0 Å². The molecule has 0 aromatic carbocycles. The highest BCUT2D eigenvalue weighted by Gasteiger charge is 2.38. The Bertz CT molecular complexity index is 330. The number of nitrogens with one attached hydrogen (secondary N) is 1. The summed E-state index contributed by atoms with van der Waals surface area (Å²) >= 11 is 0. The zero-order chi connectivity index (χ0) is 14.3. The average molecular weight is 270 g/mol. The molecule has 1 atom stereocenters. The monoisotopic (exact) mass is 270 g/mol. The minimum absolute atomic E-state index is 0.0335. The summed E-state index contributed by atoms with van der Waals surface area (Å²) in [5.41, 5.74) is 5.31. The van der Waals surface area contributed by atoms with Gasteiger partial charge < -0.3 is 15.8 Å². The highest BCUT2D eigenvalue weighted by molar-refractivity contribution is 6.35. The third-order valence-corrected chi connectivity index (χ3v) is 1.96. The molecule has 0 heterocycles. The molecule has 18 heavy (non-hydrogen) atoms. The van der Waals surface area contributed by atoms with E-state index >= 15 is 0 Å². The Labute approximate surface area is 101 Å². The number of esters is 1. The predicted molar refractivity (Wildman–Crippen MR) is 53.3 cm³/mol. The number of hydrogen-bond donors (Lipinski definition) is 2. The molecule has 0 saturated carbocycles. The summed E-state index contributed by atoms with van der Waals surface area (Å²) < 4.78 is 39.4. The first-order valence-corrected chi connectivity index (χ1v) is 4.93. The predicted octanol–water partition coefficient (Wildman–Crippen LogP) is -0.485. The molecule has 6 nitrogen and oxygen atoms in total. The fourth-order valence-corrected chi connectivity index (χ4v) is 1.01. The summed E-state index contributed by atoms with van der Waals surface area (Å²) in [7, 11) is 1.01. The number of halogens is 3. The number of Topliss-reactive ketones (excluding diaryl/α,β-unsaturated/α-hetero) is 1. The molecule has 0 aliphatic heterocycles. The number of ketones is 1. The van der Waals surface area contributed by atoms with Gasteiger partial charge in [0.1, 0.15) is 0 Å². The fourth-order valence-electron chi connectivity index (χ4n) is 1.01. The highest BCUT2D eigenvalue weighted by atomic mass is 19.4. The summed E-state index contributed by atoms with van der Waals surface area (Å²) in [4.78, 5) is 32.2. The highest BCUT2D eigenvalue weighted by Crippen LogP contribution is 2.13. The normalized spacial score (nSPS) is 12.7. The Morgan fingerprint density at radius 2 is 1.89 bits per heavy atom. The molecule has 1 amide bonds. The van der Waals surface area contributed by atoms with E-state index in [0.717, 1.165) is 7.11 Å². The first-order valence-electron chi connectivity index (χ1n) is 4.93. The van der Waals surface area contributed by atoms with Gasteiger partial charge in [-0.1, -0.05) is 0 Å². The maximum absolute atomic E-state index is 11.8. The van der Waals surface area contributed by atoms with Gasteiger partial charge in [-0.3, -0.25) is 9.59 Å². The Morgan fingerprint density at radius 1 is 1.33 bits per heavy atom. The largest absolute Gasteiger partial charge is 0.471 e. The molecule has 0 saturated heterocycles. The summed E-state index contributed by atoms with van der Waals surface area (Å²) in [6.07, 6.45) is -4.94. The molecular weight excluding hydrogens is 257 g/mol. The molecule has 0 radical (unpaired) electrons. The van der Waals surface area contributed by atoms with Crippen molar-refractivity contribution in [3.8, 4) is 0 Å². The van der Waals surface area contributed by atoms with Crippen LogP contribution in [0.15, 0.2) is 0 Å². The number of hydrogen-bond acceptors (Lipinski definition) is 5. The van der Waals surface area contributed by atoms with Crippen LogP contribution in [0.1, 0.15) is 12.8 Å². The van der Waals surface area contributed by atoms with E-state index in [9.17, 15) is 27.6 Å². The number of carbonyl (C=O) groups excluding carboxylic acids is 3. The number of nitrogens with two attached hydrogens (primary N) is 1. The zero-order valence-corrected chi connectivity index (χ0v) is 9.54. The van der Waals surface area contributed by atoms with Crippen molar-refractivity contribution in [1.82, 2.24) is 5.32 Å². The van der Waals surface area contributed by atoms with E-state index < -0.39 is 29.9 Å². The van der Waals surface area contributed by atoms with Crippen molar-refractivity contribution < 1.29 is 32.3 Å². The van der Waals surface area contributed by atoms with Gasteiger partial charge >= 0.3 is 18.1 Å². The quantitative estimate of drug-likeness (QED) is 0.385. The maximum Gasteiger partial charge on any atom is 0.471 e. The zero-order valence-electron chi connectivity index (χ0n) is 9.54. The van der Waals surface area contributed by atoms with E-state index in [4.69, 9.17) is 5.73 Å². The van der Waals surface area contributed by atoms with Crippen molar-refractivity contribution in [3.63, 3.8) is 0 Å². The Hall–Kier alpha value is -1.64. The van der Waals surface area contributed by atoms with Crippen LogP contribution < -0.4 is 11.1 Å². The lowest BCUT2D eigenvalue weighted by molar-refractivity contribution is -0.173. The SMILES string of the molecule is COC(=O)C(=O)[C@@H](N)CCCNC(=O)C(F)(F)F. The fraction of sp³-hybridized carbons (Fsp3) is 0.667. The van der Waals surface area contributed by atoms with Crippen LogP contribution in [-0.2, 0) is 19.1 Å². The van der Waals surface area contributed by atoms with E-state index in [1.807, 2.05) is 0 Å². The van der Waals surface area contributed by atoms with Gasteiger partial charge in [0, 0.05) is 6.54 Å². The molecular formula is C9H13F3N2O4. The third kappa shape index (κ3) is 5.62. The molecule has 0 fully saturated rings. The van der Waals surface area contributed by atoms with Crippen LogP contribution in [0.3, 0.4) is 0 Å². The molecule has 104 valence electrons. The number of methoxy groups -OCH3 is 1. The van der Waals surface area contributed by atoms with E-state index in [-0.39, 0.29) is 19.4 Å². The smallest absolute Gasteiger partial charge is 0.463 e. The molecule has 0 unspecified atom stereocenters. The lowest BCUT2D eigenvalue weighted by Crippen LogP contribution is -2.39. The Morgan fingerprint density at radius 3 is 2.33 bits per heavy atom. The lowest BCUT2D eigenvalue weighted by Gasteiger charge is -2.10. The van der Waals surface area contributed by atoms with Gasteiger partial charge in [0.25, 0.3) is 5.78 Å². The molecule has 0 aliphatic rings. The van der Waals surface area contributed by atoms with Crippen LogP contribution in [0.25, 0.3) is 0 Å². The number of amides is 1. The minimum Gasteiger partial charge on any atom is -0.463 e. The first-order chi connectivity index (χ1) is 8.20. The molecule has 0 aromatic rings. The molecule has 0 rings (SSSR count). The summed E-state index contributed by atoms with van der Waals surface area (Å²) in [6.45, 7) is -0.291.